The average molecular weight is 315 g/mol. The van der Waals surface area contributed by atoms with Crippen LogP contribution in [-0.4, -0.2) is 31.7 Å². The van der Waals surface area contributed by atoms with E-state index in [9.17, 15) is 4.79 Å². The highest BCUT2D eigenvalue weighted by molar-refractivity contribution is 5.85. The molecule has 1 amide bonds. The Labute approximate surface area is 133 Å². The van der Waals surface area contributed by atoms with E-state index in [0.717, 1.165) is 25.7 Å². The van der Waals surface area contributed by atoms with E-state index < -0.39 is 0 Å². The van der Waals surface area contributed by atoms with Crippen LogP contribution in [0, 0.1) is 0 Å². The molecule has 21 heavy (non-hydrogen) atoms. The van der Waals surface area contributed by atoms with Crippen molar-refractivity contribution in [3.63, 3.8) is 0 Å². The Hall–Kier alpha value is -1.10. The van der Waals surface area contributed by atoms with Crippen LogP contribution < -0.4 is 11.1 Å². The van der Waals surface area contributed by atoms with Crippen LogP contribution in [0.1, 0.15) is 31.7 Å². The molecule has 0 heterocycles. The maximum absolute atomic E-state index is 11.5. The lowest BCUT2D eigenvalue weighted by atomic mass is 10.1. The van der Waals surface area contributed by atoms with Crippen LogP contribution in [-0.2, 0) is 16.0 Å². The molecule has 5 heteroatoms. The van der Waals surface area contributed by atoms with Gasteiger partial charge in [0, 0.05) is 13.2 Å². The number of carbonyl (C=O) groups is 1. The summed E-state index contributed by atoms with van der Waals surface area (Å²) in [6.45, 7) is 4.03. The zero-order valence-electron chi connectivity index (χ0n) is 12.7. The molecule has 1 rings (SSSR count). The molecule has 0 saturated carbocycles. The molecule has 0 radical (unpaired) electrons. The molecule has 1 unspecified atom stereocenters. The van der Waals surface area contributed by atoms with Gasteiger partial charge >= 0.3 is 0 Å². The Morgan fingerprint density at radius 1 is 1.29 bits per heavy atom. The van der Waals surface area contributed by atoms with Gasteiger partial charge in [0.15, 0.2) is 0 Å². The SMILES string of the molecule is CCCC(N)C(=O)NCCCOCCc1ccccc1.Cl. The quantitative estimate of drug-likeness (QED) is 0.651. The molecule has 4 nitrogen and oxygen atoms in total. The highest BCUT2D eigenvalue weighted by atomic mass is 35.5. The van der Waals surface area contributed by atoms with E-state index in [2.05, 4.69) is 17.4 Å². The topological polar surface area (TPSA) is 64.4 Å². The van der Waals surface area contributed by atoms with E-state index in [-0.39, 0.29) is 24.4 Å². The number of carbonyl (C=O) groups excluding carboxylic acids is 1. The van der Waals surface area contributed by atoms with Crippen LogP contribution in [0.3, 0.4) is 0 Å². The Balaban J connectivity index is 0.00000400. The molecule has 0 aliphatic heterocycles. The van der Waals surface area contributed by atoms with Gasteiger partial charge in [0.05, 0.1) is 12.6 Å². The van der Waals surface area contributed by atoms with Crippen LogP contribution in [0.25, 0.3) is 0 Å². The fourth-order valence-electron chi connectivity index (χ4n) is 1.90. The van der Waals surface area contributed by atoms with Crippen molar-refractivity contribution >= 4 is 18.3 Å². The number of nitrogens with one attached hydrogen (secondary N) is 1. The Morgan fingerprint density at radius 2 is 2.00 bits per heavy atom. The van der Waals surface area contributed by atoms with Gasteiger partial charge in [-0.15, -0.1) is 12.4 Å². The summed E-state index contributed by atoms with van der Waals surface area (Å²) < 4.78 is 5.54. The van der Waals surface area contributed by atoms with Gasteiger partial charge in [-0.3, -0.25) is 4.79 Å². The van der Waals surface area contributed by atoms with Crippen LogP contribution in [0.2, 0.25) is 0 Å². The molecule has 3 N–H and O–H groups in total. The van der Waals surface area contributed by atoms with Crippen molar-refractivity contribution in [1.82, 2.24) is 5.32 Å². The van der Waals surface area contributed by atoms with Gasteiger partial charge in [-0.1, -0.05) is 43.7 Å². The number of hydrogen-bond acceptors (Lipinski definition) is 3. The largest absolute Gasteiger partial charge is 0.381 e. The predicted molar refractivity (Wildman–Crippen MR) is 88.7 cm³/mol. The van der Waals surface area contributed by atoms with Gasteiger partial charge in [0.1, 0.15) is 0 Å². The first-order valence-electron chi connectivity index (χ1n) is 7.39. The second-order valence-corrected chi connectivity index (χ2v) is 4.89. The van der Waals surface area contributed by atoms with Crippen molar-refractivity contribution in [2.45, 2.75) is 38.6 Å². The predicted octanol–water partition coefficient (Wildman–Crippen LogP) is 2.30. The summed E-state index contributed by atoms with van der Waals surface area (Å²) in [6.07, 6.45) is 3.41. The smallest absolute Gasteiger partial charge is 0.236 e. The lowest BCUT2D eigenvalue weighted by molar-refractivity contribution is -0.122. The Kier molecular flexibility index (Phi) is 12.0. The number of nitrogens with two attached hydrogens (primary N) is 1. The number of ether oxygens (including phenoxy) is 1. The van der Waals surface area contributed by atoms with Gasteiger partial charge in [0.25, 0.3) is 0 Å². The van der Waals surface area contributed by atoms with Crippen molar-refractivity contribution in [3.8, 4) is 0 Å². The van der Waals surface area contributed by atoms with E-state index in [1.807, 2.05) is 25.1 Å². The minimum atomic E-state index is -0.376. The molecule has 0 aliphatic rings. The van der Waals surface area contributed by atoms with E-state index in [0.29, 0.717) is 19.8 Å². The second-order valence-electron chi connectivity index (χ2n) is 4.89. The number of benzene rings is 1. The molecule has 1 aromatic rings. The summed E-state index contributed by atoms with van der Waals surface area (Å²) in [7, 11) is 0. The summed E-state index contributed by atoms with van der Waals surface area (Å²) in [5.41, 5.74) is 6.99. The van der Waals surface area contributed by atoms with E-state index >= 15 is 0 Å². The summed E-state index contributed by atoms with van der Waals surface area (Å²) in [5.74, 6) is -0.0591. The average Bonchev–Trinajstić information content (AvgIpc) is 2.47. The van der Waals surface area contributed by atoms with Crippen LogP contribution in [0.15, 0.2) is 30.3 Å². The van der Waals surface area contributed by atoms with Crippen molar-refractivity contribution in [2.75, 3.05) is 19.8 Å². The third-order valence-electron chi connectivity index (χ3n) is 3.08. The Morgan fingerprint density at radius 3 is 2.67 bits per heavy atom. The minimum Gasteiger partial charge on any atom is -0.381 e. The zero-order chi connectivity index (χ0) is 14.6. The van der Waals surface area contributed by atoms with Crippen LogP contribution >= 0.6 is 12.4 Å². The van der Waals surface area contributed by atoms with Crippen LogP contribution in [0.4, 0.5) is 0 Å². The standard InChI is InChI=1S/C16H26N2O2.ClH/c1-2-7-15(17)16(19)18-11-6-12-20-13-10-14-8-4-3-5-9-14;/h3-5,8-9,15H,2,6-7,10-13,17H2,1H3,(H,18,19);1H. The molecule has 0 aromatic heterocycles. The van der Waals surface area contributed by atoms with Crippen molar-refractivity contribution in [1.29, 1.82) is 0 Å². The lowest BCUT2D eigenvalue weighted by Crippen LogP contribution is -2.40. The summed E-state index contributed by atoms with van der Waals surface area (Å²) >= 11 is 0. The normalized spacial score (nSPS) is 11.5. The minimum absolute atomic E-state index is 0. The van der Waals surface area contributed by atoms with Gasteiger partial charge in [0.2, 0.25) is 5.91 Å². The molecule has 120 valence electrons. The highest BCUT2D eigenvalue weighted by Crippen LogP contribution is 1.99. The second kappa shape index (κ2) is 12.6. The summed E-state index contributed by atoms with van der Waals surface area (Å²) in [4.78, 5) is 11.5. The lowest BCUT2D eigenvalue weighted by Gasteiger charge is -2.11. The third kappa shape index (κ3) is 9.45. The van der Waals surface area contributed by atoms with Gasteiger partial charge < -0.3 is 15.8 Å². The third-order valence-corrected chi connectivity index (χ3v) is 3.08. The molecule has 0 aliphatic carbocycles. The van der Waals surface area contributed by atoms with Crippen molar-refractivity contribution in [3.05, 3.63) is 35.9 Å². The molecular weight excluding hydrogens is 288 g/mol. The van der Waals surface area contributed by atoms with E-state index in [4.69, 9.17) is 10.5 Å². The van der Waals surface area contributed by atoms with Gasteiger partial charge in [-0.05, 0) is 24.8 Å². The zero-order valence-corrected chi connectivity index (χ0v) is 13.5. The first kappa shape index (κ1) is 19.9. The van der Waals surface area contributed by atoms with E-state index in [1.54, 1.807) is 0 Å². The number of hydrogen-bond donors (Lipinski definition) is 2. The number of halogens is 1. The first-order chi connectivity index (χ1) is 9.74. The first-order valence-corrected chi connectivity index (χ1v) is 7.39. The maximum Gasteiger partial charge on any atom is 0.236 e. The van der Waals surface area contributed by atoms with Crippen molar-refractivity contribution in [2.24, 2.45) is 5.73 Å². The molecule has 0 saturated heterocycles. The molecule has 0 spiro atoms. The highest BCUT2D eigenvalue weighted by Gasteiger charge is 2.10. The molecule has 1 aromatic carbocycles. The van der Waals surface area contributed by atoms with Gasteiger partial charge in [-0.25, -0.2) is 0 Å². The fraction of sp³-hybridized carbons (Fsp3) is 0.562. The van der Waals surface area contributed by atoms with Gasteiger partial charge in [-0.2, -0.15) is 0 Å². The summed E-state index contributed by atoms with van der Waals surface area (Å²) in [5, 5.41) is 2.83. The van der Waals surface area contributed by atoms with Crippen molar-refractivity contribution < 1.29 is 9.53 Å². The number of rotatable bonds is 10. The molecular formula is C16H27ClN2O2. The molecule has 1 atom stereocenters. The Bertz CT molecular complexity index is 374. The molecule has 0 bridgehead atoms. The van der Waals surface area contributed by atoms with Crippen LogP contribution in [0.5, 0.6) is 0 Å². The number of amides is 1. The van der Waals surface area contributed by atoms with E-state index in [1.165, 1.54) is 5.56 Å². The maximum atomic E-state index is 11.5. The monoisotopic (exact) mass is 314 g/mol. The fourth-order valence-corrected chi connectivity index (χ4v) is 1.90. The molecule has 0 fully saturated rings. The summed E-state index contributed by atoms with van der Waals surface area (Å²) in [6, 6.07) is 9.89.